The Morgan fingerprint density at radius 2 is 1.62 bits per heavy atom. The Labute approximate surface area is 123 Å². The molecule has 1 aromatic rings. The summed E-state index contributed by atoms with van der Waals surface area (Å²) >= 11 is 0. The minimum Gasteiger partial charge on any atom is -0.465 e. The number of amides is 1. The van der Waals surface area contributed by atoms with Crippen LogP contribution in [0.1, 0.15) is 48.4 Å². The van der Waals surface area contributed by atoms with Crippen molar-refractivity contribution in [3.63, 3.8) is 0 Å². The van der Waals surface area contributed by atoms with Gasteiger partial charge in [-0.2, -0.15) is 0 Å². The number of esters is 1. The molecule has 0 bridgehead atoms. The number of anilines is 1. The van der Waals surface area contributed by atoms with E-state index in [4.69, 9.17) is 4.74 Å². The first kappa shape index (κ1) is 16.7. The maximum Gasteiger partial charge on any atom is 0.412 e. The zero-order valence-electron chi connectivity index (χ0n) is 12.8. The van der Waals surface area contributed by atoms with Gasteiger partial charge in [-0.3, -0.25) is 10.1 Å². The Balaban J connectivity index is 3.06. The van der Waals surface area contributed by atoms with Crippen molar-refractivity contribution < 1.29 is 23.9 Å². The summed E-state index contributed by atoms with van der Waals surface area (Å²) in [5.41, 5.74) is 0.116. The van der Waals surface area contributed by atoms with Crippen molar-refractivity contribution in [1.29, 1.82) is 0 Å². The van der Waals surface area contributed by atoms with E-state index in [1.54, 1.807) is 20.8 Å². The lowest BCUT2D eigenvalue weighted by molar-refractivity contribution is 0.0596. The number of benzene rings is 1. The summed E-state index contributed by atoms with van der Waals surface area (Å²) < 4.78 is 9.73. The van der Waals surface area contributed by atoms with Crippen LogP contribution in [0.5, 0.6) is 0 Å². The first-order valence-corrected chi connectivity index (χ1v) is 6.37. The molecule has 0 radical (unpaired) electrons. The molecule has 1 aromatic carbocycles. The van der Waals surface area contributed by atoms with Gasteiger partial charge in [-0.15, -0.1) is 0 Å². The molecule has 0 saturated heterocycles. The summed E-state index contributed by atoms with van der Waals surface area (Å²) in [4.78, 5) is 34.8. The molecule has 0 saturated carbocycles. The van der Waals surface area contributed by atoms with Crippen LogP contribution < -0.4 is 5.32 Å². The van der Waals surface area contributed by atoms with E-state index in [0.717, 1.165) is 0 Å². The molecular weight excluding hydrogens is 274 g/mol. The number of ether oxygens (including phenoxy) is 2. The van der Waals surface area contributed by atoms with E-state index in [1.807, 2.05) is 0 Å². The molecule has 0 aliphatic heterocycles. The molecule has 0 fully saturated rings. The average Bonchev–Trinajstić information content (AvgIpc) is 2.34. The first-order chi connectivity index (χ1) is 9.62. The van der Waals surface area contributed by atoms with Crippen LogP contribution in [0, 0.1) is 0 Å². The van der Waals surface area contributed by atoms with Crippen LogP contribution in [0.3, 0.4) is 0 Å². The van der Waals surface area contributed by atoms with Gasteiger partial charge in [-0.25, -0.2) is 9.59 Å². The van der Waals surface area contributed by atoms with Gasteiger partial charge in [0.05, 0.1) is 12.7 Å². The Kier molecular flexibility index (Phi) is 5.07. The maximum atomic E-state index is 11.7. The largest absolute Gasteiger partial charge is 0.465 e. The molecule has 6 nitrogen and oxygen atoms in total. The predicted molar refractivity (Wildman–Crippen MR) is 77.6 cm³/mol. The average molecular weight is 293 g/mol. The molecule has 1 rings (SSSR count). The fraction of sp³-hybridized carbons (Fsp3) is 0.400. The Morgan fingerprint density at radius 1 is 1.05 bits per heavy atom. The highest BCUT2D eigenvalue weighted by atomic mass is 16.6. The third-order valence-electron chi connectivity index (χ3n) is 2.41. The number of Topliss-reactive ketones (excluding diaryl/α,β-unsaturated/α-hetero) is 1. The van der Waals surface area contributed by atoms with E-state index in [0.29, 0.717) is 5.56 Å². The standard InChI is InChI=1S/C15H19NO5/c1-9(17)10-6-11(13(18)20-5)8-12(7-10)16-14(19)21-15(2,3)4/h6-8H,1-5H3,(H,16,19). The minimum absolute atomic E-state index is 0.177. The SMILES string of the molecule is COC(=O)c1cc(NC(=O)OC(C)(C)C)cc(C(C)=O)c1. The van der Waals surface area contributed by atoms with Gasteiger partial charge in [0, 0.05) is 11.3 Å². The van der Waals surface area contributed by atoms with Crippen molar-refractivity contribution >= 4 is 23.5 Å². The molecule has 114 valence electrons. The van der Waals surface area contributed by atoms with Gasteiger partial charge >= 0.3 is 12.1 Å². The maximum absolute atomic E-state index is 11.7. The van der Waals surface area contributed by atoms with E-state index in [9.17, 15) is 14.4 Å². The Bertz CT molecular complexity index is 572. The summed E-state index contributed by atoms with van der Waals surface area (Å²) in [5.74, 6) is -0.821. The third kappa shape index (κ3) is 5.25. The van der Waals surface area contributed by atoms with Crippen LogP contribution in [-0.2, 0) is 9.47 Å². The number of hydrogen-bond donors (Lipinski definition) is 1. The summed E-state index contributed by atoms with van der Waals surface area (Å²) in [6.45, 7) is 6.57. The number of hydrogen-bond acceptors (Lipinski definition) is 5. The van der Waals surface area contributed by atoms with Gasteiger partial charge in [0.25, 0.3) is 0 Å². The van der Waals surface area contributed by atoms with Crippen molar-refractivity contribution in [3.8, 4) is 0 Å². The number of nitrogens with one attached hydrogen (secondary N) is 1. The van der Waals surface area contributed by atoms with E-state index in [2.05, 4.69) is 10.1 Å². The van der Waals surface area contributed by atoms with Gasteiger partial charge in [0.15, 0.2) is 5.78 Å². The molecule has 1 N–H and O–H groups in total. The van der Waals surface area contributed by atoms with Gasteiger partial charge in [0.1, 0.15) is 5.60 Å². The second kappa shape index (κ2) is 6.39. The quantitative estimate of drug-likeness (QED) is 0.684. The van der Waals surface area contributed by atoms with E-state index in [1.165, 1.54) is 32.2 Å². The predicted octanol–water partition coefficient (Wildman–Crippen LogP) is 3.02. The third-order valence-corrected chi connectivity index (χ3v) is 2.41. The number of ketones is 1. The van der Waals surface area contributed by atoms with Crippen molar-refractivity contribution in [3.05, 3.63) is 29.3 Å². The van der Waals surface area contributed by atoms with Crippen molar-refractivity contribution in [2.24, 2.45) is 0 Å². The Hall–Kier alpha value is -2.37. The Morgan fingerprint density at radius 3 is 2.10 bits per heavy atom. The van der Waals surface area contributed by atoms with E-state index in [-0.39, 0.29) is 17.0 Å². The molecule has 0 aliphatic carbocycles. The topological polar surface area (TPSA) is 81.7 Å². The van der Waals surface area contributed by atoms with Gasteiger partial charge in [-0.05, 0) is 45.9 Å². The van der Waals surface area contributed by atoms with Crippen molar-refractivity contribution in [1.82, 2.24) is 0 Å². The van der Waals surface area contributed by atoms with Crippen LogP contribution in [0.15, 0.2) is 18.2 Å². The molecule has 1 amide bonds. The van der Waals surface area contributed by atoms with Crippen molar-refractivity contribution in [2.75, 3.05) is 12.4 Å². The molecule has 6 heteroatoms. The highest BCUT2D eigenvalue weighted by Crippen LogP contribution is 2.18. The zero-order valence-corrected chi connectivity index (χ0v) is 12.8. The summed E-state index contributed by atoms with van der Waals surface area (Å²) in [6, 6.07) is 4.30. The highest BCUT2D eigenvalue weighted by molar-refractivity contribution is 6.00. The molecule has 0 aromatic heterocycles. The lowest BCUT2D eigenvalue weighted by Gasteiger charge is -2.20. The first-order valence-electron chi connectivity index (χ1n) is 6.37. The molecule has 21 heavy (non-hydrogen) atoms. The molecule has 0 unspecified atom stereocenters. The van der Waals surface area contributed by atoms with Gasteiger partial charge in [-0.1, -0.05) is 0 Å². The fourth-order valence-electron chi connectivity index (χ4n) is 1.56. The second-order valence-electron chi connectivity index (χ2n) is 5.47. The van der Waals surface area contributed by atoms with Gasteiger partial charge < -0.3 is 9.47 Å². The highest BCUT2D eigenvalue weighted by Gasteiger charge is 2.18. The molecule has 0 aliphatic rings. The monoisotopic (exact) mass is 293 g/mol. The van der Waals surface area contributed by atoms with Crippen LogP contribution in [0.25, 0.3) is 0 Å². The van der Waals surface area contributed by atoms with Crippen LogP contribution >= 0.6 is 0 Å². The molecule has 0 heterocycles. The summed E-state index contributed by atoms with van der Waals surface area (Å²) in [6.07, 6.45) is -0.668. The lowest BCUT2D eigenvalue weighted by atomic mass is 10.1. The summed E-state index contributed by atoms with van der Waals surface area (Å²) in [7, 11) is 1.24. The normalized spacial score (nSPS) is 10.7. The molecule has 0 atom stereocenters. The molecule has 0 spiro atoms. The van der Waals surface area contributed by atoms with Crippen molar-refractivity contribution in [2.45, 2.75) is 33.3 Å². The van der Waals surface area contributed by atoms with Gasteiger partial charge in [0.2, 0.25) is 0 Å². The number of rotatable bonds is 3. The zero-order chi connectivity index (χ0) is 16.2. The molecular formula is C15H19NO5. The smallest absolute Gasteiger partial charge is 0.412 e. The van der Waals surface area contributed by atoms with Crippen LogP contribution in [0.4, 0.5) is 10.5 Å². The minimum atomic E-state index is -0.668. The van der Waals surface area contributed by atoms with Crippen LogP contribution in [0.2, 0.25) is 0 Å². The lowest BCUT2D eigenvalue weighted by Crippen LogP contribution is -2.27. The number of carbonyl (C=O) groups is 3. The fourth-order valence-corrected chi connectivity index (χ4v) is 1.56. The number of carbonyl (C=O) groups excluding carboxylic acids is 3. The number of methoxy groups -OCH3 is 1. The van der Waals surface area contributed by atoms with E-state index >= 15 is 0 Å². The second-order valence-corrected chi connectivity index (χ2v) is 5.47. The van der Waals surface area contributed by atoms with Crippen LogP contribution in [-0.4, -0.2) is 30.6 Å². The van der Waals surface area contributed by atoms with E-state index < -0.39 is 17.7 Å². The summed E-state index contributed by atoms with van der Waals surface area (Å²) in [5, 5.41) is 2.49.